The number of Topliss-reactive ketones (excluding diaryl/α,β-unsaturated/α-hetero) is 2. The molecule has 2 aliphatic rings. The van der Waals surface area contributed by atoms with E-state index in [1.807, 2.05) is 6.07 Å². The molecule has 6 nitrogen and oxygen atoms in total. The number of ether oxygens (including phenoxy) is 1. The molecule has 2 aromatic heterocycles. The average molecular weight is 608 g/mol. The van der Waals surface area contributed by atoms with Crippen molar-refractivity contribution >= 4 is 85.9 Å². The first-order valence-corrected chi connectivity index (χ1v) is 14.2. The number of nitrogens with zero attached hydrogens (tertiary/aromatic N) is 1. The zero-order valence-corrected chi connectivity index (χ0v) is 24.7. The fourth-order valence-electron chi connectivity index (χ4n) is 5.29. The van der Waals surface area contributed by atoms with E-state index in [-0.39, 0.29) is 11.6 Å². The maximum atomic E-state index is 12.7. The van der Waals surface area contributed by atoms with E-state index in [0.717, 1.165) is 41.3 Å². The third-order valence-electron chi connectivity index (χ3n) is 6.86. The summed E-state index contributed by atoms with van der Waals surface area (Å²) in [5, 5.41) is 3.45. The second-order valence-electron chi connectivity index (χ2n) is 10.7. The number of ketones is 2. The van der Waals surface area contributed by atoms with Crippen LogP contribution in [0.3, 0.4) is 0 Å². The molecule has 0 atom stereocenters. The van der Waals surface area contributed by atoms with Crippen LogP contribution in [0.5, 0.6) is 0 Å². The fourth-order valence-corrected chi connectivity index (χ4v) is 6.16. The summed E-state index contributed by atoms with van der Waals surface area (Å²) in [6.07, 6.45) is 3.67. The van der Waals surface area contributed by atoms with Gasteiger partial charge < -0.3 is 9.72 Å². The number of carbonyl (C=O) groups excluding carboxylic acids is 3. The van der Waals surface area contributed by atoms with Gasteiger partial charge in [0.25, 0.3) is 0 Å². The Kier molecular flexibility index (Phi) is 7.53. The Morgan fingerprint density at radius 1 is 0.821 bits per heavy atom. The van der Waals surface area contributed by atoms with E-state index in [1.54, 1.807) is 39.0 Å². The third-order valence-corrected chi connectivity index (χ3v) is 8.47. The minimum absolute atomic E-state index is 0.0690. The van der Waals surface area contributed by atoms with Crippen molar-refractivity contribution in [1.82, 2.24) is 9.55 Å². The van der Waals surface area contributed by atoms with Gasteiger partial charge in [-0.1, -0.05) is 46.4 Å². The normalized spacial score (nSPS) is 15.2. The number of halogens is 4. The number of fused-ring (bicyclic) bond motifs is 6. The number of H-pyrrole nitrogens is 1. The molecule has 4 aromatic rings. The van der Waals surface area contributed by atoms with E-state index in [4.69, 9.17) is 51.1 Å². The lowest BCUT2D eigenvalue weighted by Crippen LogP contribution is -2.29. The molecule has 10 heteroatoms. The lowest BCUT2D eigenvalue weighted by atomic mass is 9.94. The molecule has 0 fully saturated rings. The summed E-state index contributed by atoms with van der Waals surface area (Å²) in [6.45, 7) is 5.36. The second kappa shape index (κ2) is 10.5. The summed E-state index contributed by atoms with van der Waals surface area (Å²) in [7, 11) is 0. The van der Waals surface area contributed by atoms with Crippen LogP contribution in [0, 0.1) is 0 Å². The molecule has 0 saturated heterocycles. The average Bonchev–Trinajstić information content (AvgIpc) is 3.42. The first-order chi connectivity index (χ1) is 18.4. The van der Waals surface area contributed by atoms with E-state index in [1.165, 1.54) is 4.57 Å². The van der Waals surface area contributed by atoms with Gasteiger partial charge in [0.2, 0.25) is 0 Å². The van der Waals surface area contributed by atoms with Gasteiger partial charge in [-0.25, -0.2) is 9.36 Å². The number of benzene rings is 2. The van der Waals surface area contributed by atoms with Crippen molar-refractivity contribution < 1.29 is 19.1 Å². The fraction of sp³-hybridized carbons (Fsp3) is 0.345. The zero-order valence-electron chi connectivity index (χ0n) is 21.6. The largest absolute Gasteiger partial charge is 0.443 e. The summed E-state index contributed by atoms with van der Waals surface area (Å²) < 4.78 is 6.82. The van der Waals surface area contributed by atoms with Gasteiger partial charge in [0.05, 0.1) is 37.0 Å². The van der Waals surface area contributed by atoms with Crippen molar-refractivity contribution in [3.05, 3.63) is 66.9 Å². The molecule has 2 heterocycles. The number of rotatable bonds is 0. The molecule has 0 spiro atoms. The molecular formula is C29H26Cl4N2O4. The van der Waals surface area contributed by atoms with Crippen LogP contribution in [0.2, 0.25) is 20.1 Å². The molecule has 204 valence electrons. The van der Waals surface area contributed by atoms with Crippen molar-refractivity contribution in [2.75, 3.05) is 0 Å². The number of nitrogens with one attached hydrogen (secondary N) is 1. The van der Waals surface area contributed by atoms with Crippen molar-refractivity contribution in [1.29, 1.82) is 0 Å². The Bertz CT molecular complexity index is 1680. The quantitative estimate of drug-likeness (QED) is 0.216. The van der Waals surface area contributed by atoms with Crippen LogP contribution >= 0.6 is 46.4 Å². The van der Waals surface area contributed by atoms with Crippen LogP contribution in [0.15, 0.2) is 24.3 Å². The van der Waals surface area contributed by atoms with Crippen LogP contribution in [-0.4, -0.2) is 32.8 Å². The van der Waals surface area contributed by atoms with Crippen molar-refractivity contribution in [2.45, 2.75) is 64.9 Å². The Balaban J connectivity index is 0.000000168. The van der Waals surface area contributed by atoms with Crippen LogP contribution in [0.25, 0.3) is 21.8 Å². The van der Waals surface area contributed by atoms with E-state index >= 15 is 0 Å². The summed E-state index contributed by atoms with van der Waals surface area (Å²) in [5.74, 6) is 0.102. The first kappa shape index (κ1) is 28.0. The summed E-state index contributed by atoms with van der Waals surface area (Å²) in [5.41, 5.74) is 3.71. The predicted molar refractivity (Wildman–Crippen MR) is 156 cm³/mol. The van der Waals surface area contributed by atoms with Gasteiger partial charge in [-0.2, -0.15) is 0 Å². The minimum atomic E-state index is -0.658. The number of aromatic nitrogens is 2. The highest BCUT2D eigenvalue weighted by Gasteiger charge is 2.32. The number of carbonyl (C=O) groups is 3. The number of aromatic amines is 1. The highest BCUT2D eigenvalue weighted by atomic mass is 35.5. The first-order valence-electron chi connectivity index (χ1n) is 12.7. The molecule has 0 unspecified atom stereocenters. The monoisotopic (exact) mass is 606 g/mol. The van der Waals surface area contributed by atoms with Crippen LogP contribution in [0.4, 0.5) is 4.79 Å². The van der Waals surface area contributed by atoms with Gasteiger partial charge >= 0.3 is 6.09 Å². The van der Waals surface area contributed by atoms with Crippen molar-refractivity contribution in [3.63, 3.8) is 0 Å². The van der Waals surface area contributed by atoms with Gasteiger partial charge in [-0.15, -0.1) is 0 Å². The second-order valence-corrected chi connectivity index (χ2v) is 12.3. The summed E-state index contributed by atoms with van der Waals surface area (Å²) in [6, 6.07) is 6.95. The van der Waals surface area contributed by atoms with E-state index in [9.17, 15) is 14.4 Å². The summed E-state index contributed by atoms with van der Waals surface area (Å²) >= 11 is 24.7. The Labute approximate surface area is 245 Å². The third kappa shape index (κ3) is 5.08. The molecule has 2 aliphatic carbocycles. The van der Waals surface area contributed by atoms with Gasteiger partial charge in [0.15, 0.2) is 11.6 Å². The molecule has 0 aliphatic heterocycles. The van der Waals surface area contributed by atoms with Crippen molar-refractivity contribution in [3.8, 4) is 0 Å². The van der Waals surface area contributed by atoms with Gasteiger partial charge in [-0.3, -0.25) is 9.59 Å². The van der Waals surface area contributed by atoms with Crippen molar-refractivity contribution in [2.24, 2.45) is 0 Å². The standard InChI is InChI=1S/C17H17Cl2NO3.C12H9Cl2NO/c1-17(2,3)23-16(22)20-11-8-7-10(18)14(19)13(11)9-5-4-6-12(21)15(9)20;13-7-4-5-8-10(11(7)14)6-2-1-3-9(16)12(6)15-8/h7-8H,4-6H2,1-3H3;4-5,15H,1-3H2. The highest BCUT2D eigenvalue weighted by Crippen LogP contribution is 2.40. The molecule has 2 aromatic carbocycles. The van der Waals surface area contributed by atoms with E-state index < -0.39 is 11.7 Å². The Morgan fingerprint density at radius 3 is 2.08 bits per heavy atom. The maximum absolute atomic E-state index is 12.7. The molecule has 1 N–H and O–H groups in total. The molecule has 39 heavy (non-hydrogen) atoms. The Morgan fingerprint density at radius 2 is 1.41 bits per heavy atom. The van der Waals surface area contributed by atoms with Crippen LogP contribution < -0.4 is 0 Å². The van der Waals surface area contributed by atoms with Gasteiger partial charge in [0.1, 0.15) is 5.60 Å². The number of aryl methyl sites for hydroxylation is 2. The maximum Gasteiger partial charge on any atom is 0.419 e. The molecule has 0 radical (unpaired) electrons. The SMILES string of the molecule is CC(C)(C)OC(=O)n1c2c(c3c(Cl)c(Cl)ccc31)CCCC2=O.O=C1CCCc2c1[nH]c1ccc(Cl)c(Cl)c21. The van der Waals surface area contributed by atoms with Gasteiger partial charge in [0, 0.05) is 29.1 Å². The predicted octanol–water partition coefficient (Wildman–Crippen LogP) is 9.24. The van der Waals surface area contributed by atoms with Gasteiger partial charge in [-0.05, 0) is 81.8 Å². The number of hydrogen-bond donors (Lipinski definition) is 1. The van der Waals surface area contributed by atoms with E-state index in [0.29, 0.717) is 61.6 Å². The van der Waals surface area contributed by atoms with Crippen LogP contribution in [-0.2, 0) is 17.6 Å². The Hall–Kier alpha value is -2.51. The molecular weight excluding hydrogens is 582 g/mol. The molecule has 0 bridgehead atoms. The molecule has 6 rings (SSSR count). The van der Waals surface area contributed by atoms with E-state index in [2.05, 4.69) is 4.98 Å². The number of hydrogen-bond acceptors (Lipinski definition) is 4. The zero-order chi connectivity index (χ0) is 28.2. The summed E-state index contributed by atoms with van der Waals surface area (Å²) in [4.78, 5) is 40.0. The van der Waals surface area contributed by atoms with Crippen LogP contribution in [0.1, 0.15) is 78.6 Å². The molecule has 0 saturated carbocycles. The highest BCUT2D eigenvalue weighted by molar-refractivity contribution is 6.46. The smallest absolute Gasteiger partial charge is 0.419 e. The molecule has 0 amide bonds. The lowest BCUT2D eigenvalue weighted by Gasteiger charge is -2.21. The minimum Gasteiger partial charge on any atom is -0.443 e. The topological polar surface area (TPSA) is 81.2 Å². The lowest BCUT2D eigenvalue weighted by molar-refractivity contribution is 0.0534.